The van der Waals surface area contributed by atoms with Crippen LogP contribution in [0.15, 0.2) is 96.4 Å². The fourth-order valence-corrected chi connectivity index (χ4v) is 14.0. The number of hydrogen-bond acceptors (Lipinski definition) is 17. The van der Waals surface area contributed by atoms with Gasteiger partial charge in [0.2, 0.25) is 70.9 Å². The fraction of sp³-hybridized carbons (Fsp3) is 0.486. The van der Waals surface area contributed by atoms with Gasteiger partial charge in [-0.3, -0.25) is 67.3 Å². The number of carbonyl (C=O) groups excluding carboxylic acids is 12. The van der Waals surface area contributed by atoms with Gasteiger partial charge in [0.05, 0.1) is 18.6 Å². The highest BCUT2D eigenvalue weighted by atomic mass is 32.2. The van der Waals surface area contributed by atoms with Crippen LogP contribution in [0, 0.1) is 5.92 Å². The molecule has 34 nitrogen and oxygen atoms in total. The predicted octanol–water partition coefficient (Wildman–Crippen LogP) is -0.936. The highest BCUT2D eigenvalue weighted by molar-refractivity contribution is 7.98. The van der Waals surface area contributed by atoms with E-state index in [1.54, 1.807) is 81.2 Å². The fourth-order valence-electron chi connectivity index (χ4n) is 13.6. The summed E-state index contributed by atoms with van der Waals surface area (Å²) in [5.74, 6) is -11.5. The summed E-state index contributed by atoms with van der Waals surface area (Å²) >= 11 is 1.34. The summed E-state index contributed by atoms with van der Waals surface area (Å²) in [6, 6.07) is 5.28. The number of nitrogens with one attached hydrogen (secondary N) is 12. The number of aromatic amines is 3. The Morgan fingerprint density at radius 1 is 0.523 bits per heavy atom. The first kappa shape index (κ1) is 83.6. The van der Waals surface area contributed by atoms with Gasteiger partial charge in [0.15, 0.2) is 5.96 Å². The van der Waals surface area contributed by atoms with Gasteiger partial charge in [-0.1, -0.05) is 68.4 Å². The van der Waals surface area contributed by atoms with Crippen LogP contribution in [0.5, 0.6) is 0 Å². The quantitative estimate of drug-likeness (QED) is 0.0126. The van der Waals surface area contributed by atoms with Crippen LogP contribution in [0.3, 0.4) is 0 Å². The minimum Gasteiger partial charge on any atom is -0.480 e. The van der Waals surface area contributed by atoms with Crippen LogP contribution in [-0.4, -0.2) is 228 Å². The summed E-state index contributed by atoms with van der Waals surface area (Å²) < 4.78 is 0. The highest BCUT2D eigenvalue weighted by Gasteiger charge is 2.43. The van der Waals surface area contributed by atoms with Crippen LogP contribution in [0.1, 0.15) is 109 Å². The molecule has 35 heteroatoms. The Kier molecular flexibility index (Phi) is 30.0. The number of aliphatic carboxylic acids is 1. The van der Waals surface area contributed by atoms with Gasteiger partial charge in [0.1, 0.15) is 66.5 Å². The molecule has 2 aliphatic heterocycles. The Morgan fingerprint density at radius 2 is 0.954 bits per heavy atom. The van der Waals surface area contributed by atoms with E-state index in [2.05, 4.69) is 67.8 Å². The number of H-pyrrole nitrogens is 3. The molecule has 2 aliphatic rings. The number of thioether (sulfide) groups is 1. The van der Waals surface area contributed by atoms with Gasteiger partial charge in [0.25, 0.3) is 0 Å². The molecule has 13 atom stereocenters. The van der Waals surface area contributed by atoms with Crippen molar-refractivity contribution in [2.45, 2.75) is 190 Å². The van der Waals surface area contributed by atoms with Crippen LogP contribution >= 0.6 is 11.8 Å². The van der Waals surface area contributed by atoms with Crippen molar-refractivity contribution < 1.29 is 72.5 Å². The second kappa shape index (κ2) is 39.2. The highest BCUT2D eigenvalue weighted by Crippen LogP contribution is 2.26. The molecular formula is C74H101N19O15S. The van der Waals surface area contributed by atoms with E-state index >= 15 is 14.4 Å². The maximum atomic E-state index is 15.2. The SMILES string of the molecule is CSCC[C@H](NC(=O)[C@H](CC(N)=O)NC(=O)[C@@H](N)Cc1c[nH]c2ccccc12)C(=O)N[C@@H](CCCN=C(N)N)C(=O)N[C@@H](Cc1c[nH]c2ccccc12)C(=O)N[C@@H](CC(C)C)C(=O)N1CCC[C@H]1C(=O)N[C@H](C(=O)N[C@@H](Cc1c[nH]c2ccccc12)C(=O)N[C@@H](C)C(=O)N1CCC[C@H]1C(=O)N[C@@H](C)C(=O)O)[C@@H](C)O. The molecule has 588 valence electrons. The van der Waals surface area contributed by atoms with Gasteiger partial charge in [-0.05, 0) is 131 Å². The number of nitrogens with zero attached hydrogens (tertiary/aromatic N) is 3. The monoisotopic (exact) mass is 1530 g/mol. The first-order valence-electron chi connectivity index (χ1n) is 36.4. The summed E-state index contributed by atoms with van der Waals surface area (Å²) in [5, 5.41) is 46.8. The molecule has 5 heterocycles. The maximum absolute atomic E-state index is 15.2. The molecule has 8 rings (SSSR count). The number of fused-ring (bicyclic) bond motifs is 3. The Balaban J connectivity index is 0.992. The zero-order valence-electron chi connectivity index (χ0n) is 61.8. The first-order valence-corrected chi connectivity index (χ1v) is 37.8. The zero-order valence-corrected chi connectivity index (χ0v) is 62.6. The number of rotatable bonds is 39. The molecule has 22 N–H and O–H groups in total. The number of nitrogens with two attached hydrogens (primary N) is 4. The smallest absolute Gasteiger partial charge is 0.325 e. The molecule has 0 radical (unpaired) electrons. The third-order valence-electron chi connectivity index (χ3n) is 19.3. The van der Waals surface area contributed by atoms with Crippen LogP contribution in [-0.2, 0) is 81.6 Å². The van der Waals surface area contributed by atoms with Crippen LogP contribution in [0.4, 0.5) is 0 Å². The van der Waals surface area contributed by atoms with Crippen molar-refractivity contribution in [1.29, 1.82) is 0 Å². The molecule has 2 saturated heterocycles. The van der Waals surface area contributed by atoms with Crippen molar-refractivity contribution in [2.24, 2.45) is 33.8 Å². The summed E-state index contributed by atoms with van der Waals surface area (Å²) in [7, 11) is 0. The molecular weight excluding hydrogens is 1430 g/mol. The number of primary amides is 1. The van der Waals surface area contributed by atoms with Crippen molar-refractivity contribution >= 4 is 127 Å². The molecule has 0 unspecified atom stereocenters. The normalized spacial score (nSPS) is 17.3. The van der Waals surface area contributed by atoms with Gasteiger partial charge < -0.3 is 106 Å². The van der Waals surface area contributed by atoms with E-state index in [0.29, 0.717) is 45.1 Å². The minimum absolute atomic E-state index is 0.00623. The average Bonchev–Trinajstić information content (AvgIpc) is 1.74. The Hall–Kier alpha value is -11.1. The summed E-state index contributed by atoms with van der Waals surface area (Å²) in [6.07, 6.45) is 5.18. The number of benzene rings is 3. The van der Waals surface area contributed by atoms with Crippen molar-refractivity contribution in [3.05, 3.63) is 108 Å². The number of aliphatic hydroxyl groups excluding tert-OH is 1. The van der Waals surface area contributed by atoms with Gasteiger partial charge in [-0.15, -0.1) is 0 Å². The second-order valence-electron chi connectivity index (χ2n) is 28.1. The number of carboxylic acid groups (broad SMARTS) is 1. The molecule has 0 spiro atoms. The lowest BCUT2D eigenvalue weighted by molar-refractivity contribution is -0.144. The number of para-hydroxylation sites is 3. The largest absolute Gasteiger partial charge is 0.480 e. The summed E-state index contributed by atoms with van der Waals surface area (Å²) in [4.78, 5) is 199. The summed E-state index contributed by atoms with van der Waals surface area (Å²) in [5.41, 5.74) is 27.3. The van der Waals surface area contributed by atoms with E-state index in [1.807, 2.05) is 30.3 Å². The lowest BCUT2D eigenvalue weighted by Gasteiger charge is -2.32. The number of carboxylic acids is 1. The van der Waals surface area contributed by atoms with Gasteiger partial charge in [-0.2, -0.15) is 11.8 Å². The molecule has 0 aliphatic carbocycles. The lowest BCUT2D eigenvalue weighted by atomic mass is 9.99. The number of likely N-dealkylation sites (tertiary alicyclic amines) is 2. The minimum atomic E-state index is -1.74. The molecule has 0 bridgehead atoms. The number of carbonyl (C=O) groups is 13. The molecule has 0 saturated carbocycles. The number of aliphatic imine (C=N–C) groups is 1. The van der Waals surface area contributed by atoms with E-state index in [4.69, 9.17) is 22.9 Å². The number of guanidine groups is 1. The topological polar surface area (TPSA) is 541 Å². The lowest BCUT2D eigenvalue weighted by Crippen LogP contribution is -2.62. The van der Waals surface area contributed by atoms with Crippen molar-refractivity contribution in [1.82, 2.24) is 72.6 Å². The Bertz CT molecular complexity index is 4300. The van der Waals surface area contributed by atoms with Crippen molar-refractivity contribution in [3.63, 3.8) is 0 Å². The predicted molar refractivity (Wildman–Crippen MR) is 408 cm³/mol. The standard InChI is InChI=1S/C74H101N19O15S/c1-38(2)30-57(72(106)93-28-15-24-59(93)69(103)91-61(41(5)94)70(104)89-54(32-43-36-81-50-20-11-8-17-46(43)50)65(99)83-39(3)71(105)92-27-14-23-58(92)68(102)84-40(4)73(107)108)90-66(100)55(33-44-37-82-51-21-12-9-18-47(44)51)88-63(97)52(22-13-26-79-74(77)78)85-64(98)53(25-29-109-6)86-67(101)56(34-60(76)95)87-62(96)48(75)31-42-35-80-49-19-10-7-16-45(42)49/h7-12,16-21,35-41,48,52-59,61,80-82,94H,13-15,22-34,75H2,1-6H3,(H2,76,95)(H,83,99)(H,84,102)(H,85,98)(H,86,101)(H,87,96)(H,88,97)(H,89,104)(H,90,100)(H,91,103)(H,107,108)(H4,77,78,79)/t39-,40-,41+,48-,52-,53-,54-,55-,56-,57-,58-,59-,61-/m0/s1. The molecule has 12 amide bonds. The van der Waals surface area contributed by atoms with Gasteiger partial charge in [0, 0.05) is 83.8 Å². The van der Waals surface area contributed by atoms with Crippen molar-refractivity contribution in [2.75, 3.05) is 31.6 Å². The molecule has 2 fully saturated rings. The molecule has 109 heavy (non-hydrogen) atoms. The maximum Gasteiger partial charge on any atom is 0.325 e. The van der Waals surface area contributed by atoms with Crippen molar-refractivity contribution in [3.8, 4) is 0 Å². The van der Waals surface area contributed by atoms with E-state index < -0.39 is 162 Å². The Morgan fingerprint density at radius 3 is 1.44 bits per heavy atom. The summed E-state index contributed by atoms with van der Waals surface area (Å²) in [6.45, 7) is 7.68. The van der Waals surface area contributed by atoms with Gasteiger partial charge in [-0.25, -0.2) is 0 Å². The number of amides is 12. The third kappa shape index (κ3) is 22.8. The third-order valence-corrected chi connectivity index (χ3v) is 19.9. The van der Waals surface area contributed by atoms with E-state index in [-0.39, 0.29) is 95.7 Å². The first-order chi connectivity index (χ1) is 51.9. The second-order valence-corrected chi connectivity index (χ2v) is 29.1. The number of aliphatic hydroxyl groups is 1. The van der Waals surface area contributed by atoms with E-state index in [0.717, 1.165) is 16.5 Å². The number of hydrogen-bond donors (Lipinski definition) is 18. The van der Waals surface area contributed by atoms with E-state index in [9.17, 15) is 58.2 Å². The van der Waals surface area contributed by atoms with E-state index in [1.165, 1.54) is 42.3 Å². The molecule has 6 aromatic rings. The van der Waals surface area contributed by atoms with Crippen LogP contribution in [0.2, 0.25) is 0 Å². The zero-order chi connectivity index (χ0) is 79.3. The van der Waals surface area contributed by atoms with Gasteiger partial charge >= 0.3 is 5.97 Å². The Labute approximate surface area is 633 Å². The molecule has 3 aromatic heterocycles. The van der Waals surface area contributed by atoms with Crippen LogP contribution < -0.4 is 70.8 Å². The number of aromatic nitrogens is 3. The molecule has 3 aromatic carbocycles. The van der Waals surface area contributed by atoms with Crippen LogP contribution in [0.25, 0.3) is 32.7 Å². The average molecular weight is 1530 g/mol.